The van der Waals surface area contributed by atoms with Gasteiger partial charge in [0.15, 0.2) is 0 Å². The van der Waals surface area contributed by atoms with Crippen molar-refractivity contribution in [1.29, 1.82) is 0 Å². The number of nitrogens with two attached hydrogens (primary N) is 1. The fraction of sp³-hybridized carbons (Fsp3) is 0.455. The predicted octanol–water partition coefficient (Wildman–Crippen LogP) is 4.29. The zero-order valence-corrected chi connectivity index (χ0v) is 10.6. The molecule has 1 unspecified atom stereocenters. The molecule has 0 aliphatic heterocycles. The molecule has 3 heteroatoms. The molecule has 1 atom stereocenters. The Morgan fingerprint density at radius 3 is 2.71 bits per heavy atom. The zero-order chi connectivity index (χ0) is 10.6. The average Bonchev–Trinajstić information content (AvgIpc) is 2.12. The summed E-state index contributed by atoms with van der Waals surface area (Å²) in [7, 11) is 0. The Morgan fingerprint density at radius 2 is 2.14 bits per heavy atom. The minimum atomic E-state index is 0.102. The topological polar surface area (TPSA) is 26.0 Å². The monoisotopic (exact) mass is 275 g/mol. The van der Waals surface area contributed by atoms with Crippen molar-refractivity contribution >= 4 is 27.5 Å². The van der Waals surface area contributed by atoms with Gasteiger partial charge in [-0.3, -0.25) is 0 Å². The van der Waals surface area contributed by atoms with E-state index in [4.69, 9.17) is 17.3 Å². The third-order valence-corrected chi connectivity index (χ3v) is 2.86. The normalized spacial score (nSPS) is 12.9. The molecule has 1 aromatic rings. The van der Waals surface area contributed by atoms with E-state index in [9.17, 15) is 0 Å². The highest BCUT2D eigenvalue weighted by molar-refractivity contribution is 9.10. The molecule has 78 valence electrons. The summed E-state index contributed by atoms with van der Waals surface area (Å²) in [5.74, 6) is 0. The van der Waals surface area contributed by atoms with Gasteiger partial charge in [-0.15, -0.1) is 0 Å². The number of rotatable bonds is 4. The standard InChI is InChI=1S/C11H15BrClN/c1-2-3-4-11(14)8-5-9(12)7-10(13)6-8/h5-7,11H,2-4,14H2,1H3. The molecule has 0 aliphatic rings. The van der Waals surface area contributed by atoms with Crippen molar-refractivity contribution in [2.45, 2.75) is 32.2 Å². The summed E-state index contributed by atoms with van der Waals surface area (Å²) in [6.07, 6.45) is 3.35. The van der Waals surface area contributed by atoms with Gasteiger partial charge >= 0.3 is 0 Å². The van der Waals surface area contributed by atoms with Crippen LogP contribution in [0.2, 0.25) is 5.02 Å². The summed E-state index contributed by atoms with van der Waals surface area (Å²) < 4.78 is 0.993. The Morgan fingerprint density at radius 1 is 1.43 bits per heavy atom. The van der Waals surface area contributed by atoms with Crippen molar-refractivity contribution in [3.63, 3.8) is 0 Å². The number of hydrogen-bond acceptors (Lipinski definition) is 1. The summed E-state index contributed by atoms with van der Waals surface area (Å²) >= 11 is 9.35. The Kier molecular flexibility index (Phi) is 4.93. The van der Waals surface area contributed by atoms with Gasteiger partial charge in [0.25, 0.3) is 0 Å². The first-order chi connectivity index (χ1) is 6.63. The highest BCUT2D eigenvalue weighted by Crippen LogP contribution is 2.25. The van der Waals surface area contributed by atoms with Crippen LogP contribution in [0.4, 0.5) is 0 Å². The van der Waals surface area contributed by atoms with E-state index in [1.807, 2.05) is 18.2 Å². The first kappa shape index (κ1) is 12.0. The largest absolute Gasteiger partial charge is 0.324 e. The van der Waals surface area contributed by atoms with Gasteiger partial charge in [-0.25, -0.2) is 0 Å². The summed E-state index contributed by atoms with van der Waals surface area (Å²) in [6, 6.07) is 5.95. The van der Waals surface area contributed by atoms with Gasteiger partial charge in [0, 0.05) is 15.5 Å². The van der Waals surface area contributed by atoms with E-state index >= 15 is 0 Å². The van der Waals surface area contributed by atoms with Crippen LogP contribution in [0.3, 0.4) is 0 Å². The van der Waals surface area contributed by atoms with Crippen LogP contribution in [0.25, 0.3) is 0 Å². The van der Waals surface area contributed by atoms with Crippen molar-refractivity contribution in [3.8, 4) is 0 Å². The van der Waals surface area contributed by atoms with Crippen molar-refractivity contribution in [3.05, 3.63) is 33.3 Å². The van der Waals surface area contributed by atoms with E-state index in [1.54, 1.807) is 0 Å². The second-order valence-corrected chi connectivity index (χ2v) is 4.80. The molecular formula is C11H15BrClN. The number of unbranched alkanes of at least 4 members (excludes halogenated alkanes) is 1. The van der Waals surface area contributed by atoms with Gasteiger partial charge in [0.2, 0.25) is 0 Å². The van der Waals surface area contributed by atoms with Gasteiger partial charge in [-0.05, 0) is 30.2 Å². The van der Waals surface area contributed by atoms with Crippen LogP contribution in [-0.4, -0.2) is 0 Å². The first-order valence-corrected chi connectivity index (χ1v) is 6.02. The van der Waals surface area contributed by atoms with E-state index in [1.165, 1.54) is 6.42 Å². The highest BCUT2D eigenvalue weighted by atomic mass is 79.9. The molecule has 0 radical (unpaired) electrons. The van der Waals surface area contributed by atoms with Crippen molar-refractivity contribution in [2.75, 3.05) is 0 Å². The lowest BCUT2D eigenvalue weighted by atomic mass is 10.0. The Hall–Kier alpha value is -0.0500. The molecule has 0 saturated heterocycles. The number of halogens is 2. The summed E-state index contributed by atoms with van der Waals surface area (Å²) in [4.78, 5) is 0. The molecule has 0 amide bonds. The highest BCUT2D eigenvalue weighted by Gasteiger charge is 2.06. The zero-order valence-electron chi connectivity index (χ0n) is 8.26. The lowest BCUT2D eigenvalue weighted by Crippen LogP contribution is -2.09. The quantitative estimate of drug-likeness (QED) is 0.872. The first-order valence-electron chi connectivity index (χ1n) is 4.85. The lowest BCUT2D eigenvalue weighted by molar-refractivity contribution is 0.603. The van der Waals surface area contributed by atoms with Crippen molar-refractivity contribution < 1.29 is 0 Å². The molecular weight excluding hydrogens is 261 g/mol. The summed E-state index contributed by atoms with van der Waals surface area (Å²) in [5.41, 5.74) is 7.15. The molecule has 0 fully saturated rings. The molecule has 0 heterocycles. The molecule has 1 nitrogen and oxygen atoms in total. The minimum Gasteiger partial charge on any atom is -0.324 e. The molecule has 2 N–H and O–H groups in total. The molecule has 0 saturated carbocycles. The fourth-order valence-corrected chi connectivity index (χ4v) is 2.27. The molecule has 0 aliphatic carbocycles. The predicted molar refractivity (Wildman–Crippen MR) is 65.6 cm³/mol. The SMILES string of the molecule is CCCCC(N)c1cc(Cl)cc(Br)c1. The Bertz CT molecular complexity index is 281. The smallest absolute Gasteiger partial charge is 0.0420 e. The van der Waals surface area contributed by atoms with Gasteiger partial charge in [0.1, 0.15) is 0 Å². The van der Waals surface area contributed by atoms with Crippen LogP contribution in [0, 0.1) is 0 Å². The van der Waals surface area contributed by atoms with Crippen LogP contribution >= 0.6 is 27.5 Å². The van der Waals surface area contributed by atoms with E-state index in [2.05, 4.69) is 22.9 Å². The van der Waals surface area contributed by atoms with Crippen LogP contribution in [0.15, 0.2) is 22.7 Å². The third kappa shape index (κ3) is 3.60. The maximum absolute atomic E-state index is 6.04. The van der Waals surface area contributed by atoms with Gasteiger partial charge in [-0.2, -0.15) is 0 Å². The Balaban J connectivity index is 2.73. The van der Waals surface area contributed by atoms with Crippen molar-refractivity contribution in [2.24, 2.45) is 5.73 Å². The van der Waals surface area contributed by atoms with Gasteiger partial charge in [-0.1, -0.05) is 47.3 Å². The second-order valence-electron chi connectivity index (χ2n) is 3.45. The maximum Gasteiger partial charge on any atom is 0.0420 e. The van der Waals surface area contributed by atoms with Crippen LogP contribution in [-0.2, 0) is 0 Å². The lowest BCUT2D eigenvalue weighted by Gasteiger charge is -2.12. The minimum absolute atomic E-state index is 0.102. The van der Waals surface area contributed by atoms with E-state index in [-0.39, 0.29) is 6.04 Å². The van der Waals surface area contributed by atoms with E-state index in [0.29, 0.717) is 0 Å². The summed E-state index contributed by atoms with van der Waals surface area (Å²) in [5, 5.41) is 0.737. The molecule has 1 rings (SSSR count). The second kappa shape index (κ2) is 5.74. The summed E-state index contributed by atoms with van der Waals surface area (Å²) in [6.45, 7) is 2.17. The molecule has 0 bridgehead atoms. The number of hydrogen-bond donors (Lipinski definition) is 1. The third-order valence-electron chi connectivity index (χ3n) is 2.18. The molecule has 0 spiro atoms. The number of benzene rings is 1. The average molecular weight is 277 g/mol. The van der Waals surface area contributed by atoms with Crippen molar-refractivity contribution in [1.82, 2.24) is 0 Å². The van der Waals surface area contributed by atoms with Gasteiger partial charge in [0.05, 0.1) is 0 Å². The van der Waals surface area contributed by atoms with Crippen LogP contribution in [0.5, 0.6) is 0 Å². The molecule has 14 heavy (non-hydrogen) atoms. The van der Waals surface area contributed by atoms with E-state index < -0.39 is 0 Å². The fourth-order valence-electron chi connectivity index (χ4n) is 1.38. The van der Waals surface area contributed by atoms with Crippen LogP contribution in [0.1, 0.15) is 37.8 Å². The van der Waals surface area contributed by atoms with Crippen LogP contribution < -0.4 is 5.73 Å². The van der Waals surface area contributed by atoms with Gasteiger partial charge < -0.3 is 5.73 Å². The Labute approximate surface area is 98.8 Å². The molecule has 1 aromatic carbocycles. The van der Waals surface area contributed by atoms with E-state index in [0.717, 1.165) is 27.9 Å². The maximum atomic E-state index is 6.04. The molecule has 0 aromatic heterocycles.